The van der Waals surface area contributed by atoms with Gasteiger partial charge in [-0.1, -0.05) is 17.7 Å². The number of hydrogen-bond acceptors (Lipinski definition) is 5. The normalized spacial score (nSPS) is 19.2. The van der Waals surface area contributed by atoms with Crippen molar-refractivity contribution in [2.75, 3.05) is 52.5 Å². The first-order valence-electron chi connectivity index (χ1n) is 8.73. The zero-order valence-electron chi connectivity index (χ0n) is 15.1. The molecule has 8 nitrogen and oxygen atoms in total. The number of rotatable bonds is 2. The summed E-state index contributed by atoms with van der Waals surface area (Å²) in [6.45, 7) is 3.91. The number of ether oxygens (including phenoxy) is 1. The van der Waals surface area contributed by atoms with Crippen LogP contribution in [0.5, 0.6) is 0 Å². The maximum absolute atomic E-state index is 12.9. The smallest absolute Gasteiger partial charge is 0.312 e. The predicted molar refractivity (Wildman–Crippen MR) is 98.9 cm³/mol. The Kier molecular flexibility index (Phi) is 6.05. The number of benzene rings is 1. The van der Waals surface area contributed by atoms with Gasteiger partial charge >= 0.3 is 11.8 Å². The molecule has 2 heterocycles. The molecule has 0 unspecified atom stereocenters. The topological polar surface area (TPSA) is 87.2 Å². The second-order valence-electron chi connectivity index (χ2n) is 6.46. The second-order valence-corrected chi connectivity index (χ2v) is 8.78. The van der Waals surface area contributed by atoms with Crippen LogP contribution < -0.4 is 0 Å². The van der Waals surface area contributed by atoms with Crippen molar-refractivity contribution in [3.05, 3.63) is 28.8 Å². The van der Waals surface area contributed by atoms with E-state index in [-0.39, 0.29) is 31.1 Å². The summed E-state index contributed by atoms with van der Waals surface area (Å²) < 4.78 is 32.3. The lowest BCUT2D eigenvalue weighted by molar-refractivity contribution is -0.154. The van der Waals surface area contributed by atoms with E-state index in [9.17, 15) is 18.0 Å². The van der Waals surface area contributed by atoms with Crippen LogP contribution in [0.4, 0.5) is 0 Å². The molecule has 27 heavy (non-hydrogen) atoms. The number of sulfonamides is 1. The predicted octanol–water partition coefficient (Wildman–Crippen LogP) is 0.340. The zero-order valence-corrected chi connectivity index (χ0v) is 16.6. The molecule has 1 aromatic rings. The standard InChI is InChI=1S/C17H22ClN3O5S/c1-13-14(18)3-2-4-15(13)27(24,25)21-7-5-19(6-8-21)16(22)17(23)20-9-11-26-12-10-20/h2-4H,5-12H2,1H3. The van der Waals surface area contributed by atoms with Gasteiger partial charge in [0.15, 0.2) is 0 Å². The van der Waals surface area contributed by atoms with Gasteiger partial charge in [-0.05, 0) is 24.6 Å². The van der Waals surface area contributed by atoms with Crippen LogP contribution in [0.15, 0.2) is 23.1 Å². The van der Waals surface area contributed by atoms with Crippen molar-refractivity contribution in [2.45, 2.75) is 11.8 Å². The quantitative estimate of drug-likeness (QED) is 0.650. The maximum Gasteiger partial charge on any atom is 0.312 e. The summed E-state index contributed by atoms with van der Waals surface area (Å²) in [5, 5.41) is 0.390. The average Bonchev–Trinajstić information content (AvgIpc) is 2.69. The van der Waals surface area contributed by atoms with Crippen LogP contribution in [0.25, 0.3) is 0 Å². The second kappa shape index (κ2) is 8.14. The van der Waals surface area contributed by atoms with Gasteiger partial charge in [0, 0.05) is 44.3 Å². The monoisotopic (exact) mass is 415 g/mol. The Labute approximate surface area is 163 Å². The molecule has 0 N–H and O–H groups in total. The van der Waals surface area contributed by atoms with Crippen LogP contribution in [0.3, 0.4) is 0 Å². The first kappa shape index (κ1) is 20.1. The molecule has 2 aliphatic rings. The van der Waals surface area contributed by atoms with Crippen molar-refractivity contribution in [1.82, 2.24) is 14.1 Å². The summed E-state index contributed by atoms with van der Waals surface area (Å²) in [7, 11) is -3.71. The van der Waals surface area contributed by atoms with Gasteiger partial charge in [-0.3, -0.25) is 9.59 Å². The van der Waals surface area contributed by atoms with E-state index in [1.165, 1.54) is 20.2 Å². The van der Waals surface area contributed by atoms with E-state index in [4.69, 9.17) is 16.3 Å². The molecule has 0 radical (unpaired) electrons. The summed E-state index contributed by atoms with van der Waals surface area (Å²) in [6.07, 6.45) is 0. The lowest BCUT2D eigenvalue weighted by Crippen LogP contribution is -2.55. The third-order valence-electron chi connectivity index (χ3n) is 4.84. The highest BCUT2D eigenvalue weighted by atomic mass is 35.5. The van der Waals surface area contributed by atoms with Crippen molar-refractivity contribution in [3.8, 4) is 0 Å². The number of carbonyl (C=O) groups excluding carboxylic acids is 2. The molecular formula is C17H22ClN3O5S. The van der Waals surface area contributed by atoms with Crippen molar-refractivity contribution < 1.29 is 22.7 Å². The molecule has 3 rings (SSSR count). The molecule has 0 saturated carbocycles. The number of nitrogens with zero attached hydrogens (tertiary/aromatic N) is 3. The van der Waals surface area contributed by atoms with E-state index < -0.39 is 21.8 Å². The summed E-state index contributed by atoms with van der Waals surface area (Å²) in [4.78, 5) is 27.8. The molecule has 0 atom stereocenters. The lowest BCUT2D eigenvalue weighted by Gasteiger charge is -2.35. The molecule has 0 aliphatic carbocycles. The van der Waals surface area contributed by atoms with Gasteiger partial charge in [-0.15, -0.1) is 0 Å². The summed E-state index contributed by atoms with van der Waals surface area (Å²) in [5.74, 6) is -1.15. The van der Waals surface area contributed by atoms with Crippen LogP contribution in [0, 0.1) is 6.92 Å². The maximum atomic E-state index is 12.9. The Morgan fingerprint density at radius 3 is 2.11 bits per heavy atom. The molecule has 2 fully saturated rings. The Bertz CT molecular complexity index is 831. The van der Waals surface area contributed by atoms with Crippen molar-refractivity contribution in [2.24, 2.45) is 0 Å². The summed E-state index contributed by atoms with van der Waals surface area (Å²) in [6, 6.07) is 4.77. The number of hydrogen-bond donors (Lipinski definition) is 0. The van der Waals surface area contributed by atoms with Crippen LogP contribution in [0.2, 0.25) is 5.02 Å². The van der Waals surface area contributed by atoms with Gasteiger partial charge in [0.2, 0.25) is 10.0 Å². The molecule has 2 amide bonds. The average molecular weight is 416 g/mol. The molecule has 0 spiro atoms. The van der Waals surface area contributed by atoms with Gasteiger partial charge in [0.1, 0.15) is 0 Å². The van der Waals surface area contributed by atoms with Crippen LogP contribution in [-0.2, 0) is 24.3 Å². The fourth-order valence-corrected chi connectivity index (χ4v) is 5.07. The largest absolute Gasteiger partial charge is 0.378 e. The number of carbonyl (C=O) groups is 2. The highest BCUT2D eigenvalue weighted by Crippen LogP contribution is 2.26. The highest BCUT2D eigenvalue weighted by molar-refractivity contribution is 7.89. The SMILES string of the molecule is Cc1c(Cl)cccc1S(=O)(=O)N1CCN(C(=O)C(=O)N2CCOCC2)CC1. The summed E-state index contributed by atoms with van der Waals surface area (Å²) in [5.41, 5.74) is 0.500. The fourth-order valence-electron chi connectivity index (χ4n) is 3.17. The lowest BCUT2D eigenvalue weighted by atomic mass is 10.2. The Balaban J connectivity index is 1.65. The third-order valence-corrected chi connectivity index (χ3v) is 7.30. The van der Waals surface area contributed by atoms with Crippen LogP contribution in [0.1, 0.15) is 5.56 Å². The summed E-state index contributed by atoms with van der Waals surface area (Å²) >= 11 is 6.05. The first-order chi connectivity index (χ1) is 12.8. The number of piperazine rings is 1. The van der Waals surface area contributed by atoms with Gasteiger partial charge < -0.3 is 14.5 Å². The van der Waals surface area contributed by atoms with Gasteiger partial charge in [0.05, 0.1) is 18.1 Å². The van der Waals surface area contributed by atoms with Crippen molar-refractivity contribution in [3.63, 3.8) is 0 Å². The first-order valence-corrected chi connectivity index (χ1v) is 10.6. The van der Waals surface area contributed by atoms with E-state index >= 15 is 0 Å². The van der Waals surface area contributed by atoms with Crippen LogP contribution >= 0.6 is 11.6 Å². The van der Waals surface area contributed by atoms with E-state index in [0.29, 0.717) is 36.9 Å². The highest BCUT2D eigenvalue weighted by Gasteiger charge is 2.34. The number of morpholine rings is 1. The molecule has 10 heteroatoms. The van der Waals surface area contributed by atoms with Crippen molar-refractivity contribution >= 4 is 33.4 Å². The van der Waals surface area contributed by atoms with E-state index in [0.717, 1.165) is 0 Å². The van der Waals surface area contributed by atoms with E-state index in [1.807, 2.05) is 0 Å². The fraction of sp³-hybridized carbons (Fsp3) is 0.529. The van der Waals surface area contributed by atoms with Crippen molar-refractivity contribution in [1.29, 1.82) is 0 Å². The number of amides is 2. The Morgan fingerprint density at radius 2 is 1.52 bits per heavy atom. The minimum Gasteiger partial charge on any atom is -0.378 e. The Hall–Kier alpha value is -1.68. The Morgan fingerprint density at radius 1 is 0.963 bits per heavy atom. The molecule has 1 aromatic carbocycles. The molecular weight excluding hydrogens is 394 g/mol. The molecule has 2 aliphatic heterocycles. The van der Waals surface area contributed by atoms with E-state index in [2.05, 4.69) is 0 Å². The van der Waals surface area contributed by atoms with Gasteiger partial charge in [0.25, 0.3) is 0 Å². The van der Waals surface area contributed by atoms with Gasteiger partial charge in [-0.2, -0.15) is 4.31 Å². The molecule has 148 valence electrons. The number of halogens is 1. The zero-order chi connectivity index (χ0) is 19.6. The third kappa shape index (κ3) is 4.11. The van der Waals surface area contributed by atoms with Gasteiger partial charge in [-0.25, -0.2) is 8.42 Å². The molecule has 2 saturated heterocycles. The van der Waals surface area contributed by atoms with E-state index in [1.54, 1.807) is 19.1 Å². The van der Waals surface area contributed by atoms with Crippen LogP contribution in [-0.4, -0.2) is 86.8 Å². The molecule has 0 aromatic heterocycles. The minimum absolute atomic E-state index is 0.135. The molecule has 0 bridgehead atoms. The minimum atomic E-state index is -3.71.